The van der Waals surface area contributed by atoms with E-state index in [9.17, 15) is 0 Å². The van der Waals surface area contributed by atoms with Crippen LogP contribution in [0.15, 0.2) is 22.8 Å². The van der Waals surface area contributed by atoms with E-state index in [0.29, 0.717) is 0 Å². The van der Waals surface area contributed by atoms with E-state index in [4.69, 9.17) is 9.15 Å². The number of rotatable bonds is 7. The van der Waals surface area contributed by atoms with Gasteiger partial charge in [0, 0.05) is 13.2 Å². The van der Waals surface area contributed by atoms with Crippen molar-refractivity contribution in [1.29, 1.82) is 0 Å². The van der Waals surface area contributed by atoms with Gasteiger partial charge in [-0.1, -0.05) is 12.8 Å². The van der Waals surface area contributed by atoms with Crippen molar-refractivity contribution in [3.63, 3.8) is 0 Å². The normalized spacial score (nSPS) is 17.0. The van der Waals surface area contributed by atoms with Gasteiger partial charge in [0.25, 0.3) is 0 Å². The Morgan fingerprint density at radius 3 is 3.00 bits per heavy atom. The lowest BCUT2D eigenvalue weighted by atomic mass is 10.1. The SMILES string of the molecule is c1coc(CNCCOCC2CCCC2)c1. The highest BCUT2D eigenvalue weighted by molar-refractivity contribution is 4.97. The minimum atomic E-state index is 0.791. The fourth-order valence-corrected chi connectivity index (χ4v) is 2.20. The van der Waals surface area contributed by atoms with Crippen molar-refractivity contribution in [3.8, 4) is 0 Å². The zero-order chi connectivity index (χ0) is 11.1. The number of ether oxygens (including phenoxy) is 1. The summed E-state index contributed by atoms with van der Waals surface area (Å²) in [6, 6.07) is 3.89. The highest BCUT2D eigenvalue weighted by Crippen LogP contribution is 2.24. The molecule has 1 aliphatic rings. The van der Waals surface area contributed by atoms with Crippen LogP contribution in [0.25, 0.3) is 0 Å². The first-order valence-corrected chi connectivity index (χ1v) is 6.26. The molecule has 2 rings (SSSR count). The third kappa shape index (κ3) is 3.99. The van der Waals surface area contributed by atoms with Gasteiger partial charge in [-0.15, -0.1) is 0 Å². The minimum absolute atomic E-state index is 0.791. The first-order valence-electron chi connectivity index (χ1n) is 6.26. The summed E-state index contributed by atoms with van der Waals surface area (Å²) in [6.45, 7) is 3.44. The molecule has 1 aliphatic carbocycles. The van der Waals surface area contributed by atoms with Crippen molar-refractivity contribution in [1.82, 2.24) is 5.32 Å². The van der Waals surface area contributed by atoms with Gasteiger partial charge in [0.2, 0.25) is 0 Å². The predicted molar refractivity (Wildman–Crippen MR) is 63.2 cm³/mol. The van der Waals surface area contributed by atoms with E-state index in [1.165, 1.54) is 25.7 Å². The summed E-state index contributed by atoms with van der Waals surface area (Å²) >= 11 is 0. The van der Waals surface area contributed by atoms with Crippen LogP contribution in [0.3, 0.4) is 0 Å². The molecule has 0 amide bonds. The molecule has 1 saturated carbocycles. The smallest absolute Gasteiger partial charge is 0.117 e. The van der Waals surface area contributed by atoms with Gasteiger partial charge in [0.05, 0.1) is 19.4 Å². The van der Waals surface area contributed by atoms with E-state index in [1.807, 2.05) is 12.1 Å². The summed E-state index contributed by atoms with van der Waals surface area (Å²) in [5.74, 6) is 1.81. The van der Waals surface area contributed by atoms with E-state index in [0.717, 1.165) is 38.0 Å². The van der Waals surface area contributed by atoms with E-state index in [-0.39, 0.29) is 0 Å². The van der Waals surface area contributed by atoms with Crippen LogP contribution in [0.4, 0.5) is 0 Å². The minimum Gasteiger partial charge on any atom is -0.468 e. The Kier molecular flexibility index (Phi) is 4.90. The van der Waals surface area contributed by atoms with Crippen molar-refractivity contribution < 1.29 is 9.15 Å². The molecular weight excluding hydrogens is 202 g/mol. The standard InChI is InChI=1S/C13H21NO2/c1-2-5-12(4-1)11-15-9-7-14-10-13-6-3-8-16-13/h3,6,8,12,14H,1-2,4-5,7,9-11H2. The molecule has 0 saturated heterocycles. The molecule has 1 N–H and O–H groups in total. The Hall–Kier alpha value is -0.800. The summed E-state index contributed by atoms with van der Waals surface area (Å²) in [5, 5.41) is 3.29. The van der Waals surface area contributed by atoms with Crippen LogP contribution in [0, 0.1) is 5.92 Å². The molecule has 0 spiro atoms. The van der Waals surface area contributed by atoms with Crippen molar-refractivity contribution in [2.75, 3.05) is 19.8 Å². The van der Waals surface area contributed by atoms with Crippen molar-refractivity contribution >= 4 is 0 Å². The van der Waals surface area contributed by atoms with Crippen LogP contribution in [0.1, 0.15) is 31.4 Å². The Morgan fingerprint density at radius 1 is 1.38 bits per heavy atom. The van der Waals surface area contributed by atoms with Gasteiger partial charge >= 0.3 is 0 Å². The quantitative estimate of drug-likeness (QED) is 0.721. The van der Waals surface area contributed by atoms with Crippen molar-refractivity contribution in [2.45, 2.75) is 32.2 Å². The van der Waals surface area contributed by atoms with Gasteiger partial charge in [0.15, 0.2) is 0 Å². The van der Waals surface area contributed by atoms with Gasteiger partial charge in [-0.25, -0.2) is 0 Å². The molecule has 1 aromatic heterocycles. The van der Waals surface area contributed by atoms with Crippen molar-refractivity contribution in [3.05, 3.63) is 24.2 Å². The summed E-state index contributed by atoms with van der Waals surface area (Å²) in [7, 11) is 0. The lowest BCUT2D eigenvalue weighted by Gasteiger charge is -2.09. The maximum Gasteiger partial charge on any atom is 0.117 e. The Labute approximate surface area is 97.2 Å². The second-order valence-corrected chi connectivity index (χ2v) is 4.48. The first kappa shape index (κ1) is 11.7. The number of hydrogen-bond acceptors (Lipinski definition) is 3. The third-order valence-corrected chi connectivity index (χ3v) is 3.13. The van der Waals surface area contributed by atoms with E-state index in [1.54, 1.807) is 6.26 Å². The van der Waals surface area contributed by atoms with E-state index >= 15 is 0 Å². The predicted octanol–water partition coefficient (Wildman–Crippen LogP) is 2.58. The van der Waals surface area contributed by atoms with Gasteiger partial charge in [-0.2, -0.15) is 0 Å². The summed E-state index contributed by atoms with van der Waals surface area (Å²) < 4.78 is 10.9. The third-order valence-electron chi connectivity index (χ3n) is 3.13. The monoisotopic (exact) mass is 223 g/mol. The van der Waals surface area contributed by atoms with E-state index in [2.05, 4.69) is 5.32 Å². The van der Waals surface area contributed by atoms with Gasteiger partial charge < -0.3 is 14.5 Å². The van der Waals surface area contributed by atoms with Gasteiger partial charge in [0.1, 0.15) is 5.76 Å². The van der Waals surface area contributed by atoms with E-state index < -0.39 is 0 Å². The second-order valence-electron chi connectivity index (χ2n) is 4.48. The van der Waals surface area contributed by atoms with Gasteiger partial charge in [-0.05, 0) is 30.9 Å². The Morgan fingerprint density at radius 2 is 2.25 bits per heavy atom. The zero-order valence-corrected chi connectivity index (χ0v) is 9.78. The molecule has 0 radical (unpaired) electrons. The first-order chi connectivity index (χ1) is 7.95. The zero-order valence-electron chi connectivity index (χ0n) is 9.78. The molecule has 0 atom stereocenters. The van der Waals surface area contributed by atoms with Crippen LogP contribution in [-0.4, -0.2) is 19.8 Å². The Balaban J connectivity index is 1.43. The molecule has 0 aromatic carbocycles. The van der Waals surface area contributed by atoms with Crippen LogP contribution in [0.2, 0.25) is 0 Å². The van der Waals surface area contributed by atoms with Crippen LogP contribution < -0.4 is 5.32 Å². The average Bonchev–Trinajstić information content (AvgIpc) is 2.96. The van der Waals surface area contributed by atoms with Gasteiger partial charge in [-0.3, -0.25) is 0 Å². The molecule has 3 heteroatoms. The molecule has 16 heavy (non-hydrogen) atoms. The van der Waals surface area contributed by atoms with Crippen LogP contribution in [-0.2, 0) is 11.3 Å². The fourth-order valence-electron chi connectivity index (χ4n) is 2.20. The summed E-state index contributed by atoms with van der Waals surface area (Å²) in [6.07, 6.45) is 7.21. The topological polar surface area (TPSA) is 34.4 Å². The highest BCUT2D eigenvalue weighted by atomic mass is 16.5. The Bertz CT molecular complexity index is 265. The lowest BCUT2D eigenvalue weighted by Crippen LogP contribution is -2.20. The molecule has 0 unspecified atom stereocenters. The molecule has 1 heterocycles. The van der Waals surface area contributed by atoms with Crippen LogP contribution >= 0.6 is 0 Å². The summed E-state index contributed by atoms with van der Waals surface area (Å²) in [4.78, 5) is 0. The molecule has 0 bridgehead atoms. The maximum absolute atomic E-state index is 5.64. The average molecular weight is 223 g/mol. The maximum atomic E-state index is 5.64. The summed E-state index contributed by atoms with van der Waals surface area (Å²) in [5.41, 5.74) is 0. The second kappa shape index (κ2) is 6.71. The van der Waals surface area contributed by atoms with Crippen LogP contribution in [0.5, 0.6) is 0 Å². The number of hydrogen-bond donors (Lipinski definition) is 1. The lowest BCUT2D eigenvalue weighted by molar-refractivity contribution is 0.103. The number of furan rings is 1. The largest absolute Gasteiger partial charge is 0.468 e. The van der Waals surface area contributed by atoms with Crippen molar-refractivity contribution in [2.24, 2.45) is 5.92 Å². The molecule has 1 fully saturated rings. The number of nitrogens with one attached hydrogen (secondary N) is 1. The molecule has 1 aromatic rings. The molecule has 3 nitrogen and oxygen atoms in total. The molecule has 0 aliphatic heterocycles. The highest BCUT2D eigenvalue weighted by Gasteiger charge is 2.14. The molecule has 90 valence electrons. The molecular formula is C13H21NO2. The fraction of sp³-hybridized carbons (Fsp3) is 0.692.